The van der Waals surface area contributed by atoms with Gasteiger partial charge in [-0.1, -0.05) is 34.1 Å². The van der Waals surface area contributed by atoms with Gasteiger partial charge >= 0.3 is 0 Å². The maximum absolute atomic E-state index is 12.0. The van der Waals surface area contributed by atoms with Crippen LogP contribution in [0.2, 0.25) is 0 Å². The van der Waals surface area contributed by atoms with E-state index in [9.17, 15) is 4.79 Å². The van der Waals surface area contributed by atoms with E-state index in [0.717, 1.165) is 14.9 Å². The first kappa shape index (κ1) is 15.6. The van der Waals surface area contributed by atoms with Crippen molar-refractivity contribution in [1.29, 1.82) is 0 Å². The van der Waals surface area contributed by atoms with E-state index in [1.807, 2.05) is 41.8 Å². The summed E-state index contributed by atoms with van der Waals surface area (Å²) in [4.78, 5) is 13.0. The Morgan fingerprint density at radius 2 is 2.26 bits per heavy atom. The van der Waals surface area contributed by atoms with Crippen molar-refractivity contribution in [2.24, 2.45) is 5.10 Å². The van der Waals surface area contributed by atoms with Gasteiger partial charge in [-0.2, -0.15) is 10.2 Å². The van der Waals surface area contributed by atoms with E-state index >= 15 is 0 Å². The molecule has 2 aromatic heterocycles. The van der Waals surface area contributed by atoms with Crippen molar-refractivity contribution in [2.45, 2.75) is 6.54 Å². The van der Waals surface area contributed by atoms with Crippen LogP contribution in [-0.4, -0.2) is 21.9 Å². The SMILES string of the molecule is O=C(NN=Cc1cccs1)c1ccn(Cc2cccc(Br)c2)n1. The number of amides is 1. The van der Waals surface area contributed by atoms with Crippen molar-refractivity contribution >= 4 is 39.4 Å². The number of thiophene rings is 1. The quantitative estimate of drug-likeness (QED) is 0.536. The number of hydrogen-bond acceptors (Lipinski definition) is 4. The smallest absolute Gasteiger partial charge is 0.268 e. The predicted molar refractivity (Wildman–Crippen MR) is 94.9 cm³/mol. The second-order valence-electron chi connectivity index (χ2n) is 4.74. The summed E-state index contributed by atoms with van der Waals surface area (Å²) >= 11 is 4.99. The molecule has 0 fully saturated rings. The van der Waals surface area contributed by atoms with Gasteiger partial charge in [0.15, 0.2) is 5.69 Å². The van der Waals surface area contributed by atoms with Gasteiger partial charge in [0.1, 0.15) is 0 Å². The largest absolute Gasteiger partial charge is 0.291 e. The van der Waals surface area contributed by atoms with E-state index in [0.29, 0.717) is 12.2 Å². The highest BCUT2D eigenvalue weighted by Crippen LogP contribution is 2.12. The molecule has 5 nitrogen and oxygen atoms in total. The number of carbonyl (C=O) groups is 1. The summed E-state index contributed by atoms with van der Waals surface area (Å²) in [6, 6.07) is 13.5. The maximum atomic E-state index is 12.0. The van der Waals surface area contributed by atoms with E-state index in [1.54, 1.807) is 34.5 Å². The van der Waals surface area contributed by atoms with E-state index in [1.165, 1.54) is 0 Å². The molecule has 1 N–H and O–H groups in total. The average molecular weight is 389 g/mol. The number of rotatable bonds is 5. The Labute approximate surface area is 145 Å². The lowest BCUT2D eigenvalue weighted by molar-refractivity contribution is 0.0949. The predicted octanol–water partition coefficient (Wildman–Crippen LogP) is 3.52. The summed E-state index contributed by atoms with van der Waals surface area (Å²) in [6.07, 6.45) is 3.39. The standard InChI is InChI=1S/C16H13BrN4OS/c17-13-4-1-3-12(9-13)11-21-7-6-15(20-21)16(22)19-18-10-14-5-2-8-23-14/h1-10H,11H2,(H,19,22). The molecule has 0 aliphatic heterocycles. The molecular weight excluding hydrogens is 376 g/mol. The molecule has 0 aliphatic carbocycles. The monoisotopic (exact) mass is 388 g/mol. The number of benzene rings is 1. The molecule has 1 aromatic carbocycles. The zero-order chi connectivity index (χ0) is 16.1. The highest BCUT2D eigenvalue weighted by Gasteiger charge is 2.08. The van der Waals surface area contributed by atoms with Gasteiger partial charge < -0.3 is 0 Å². The van der Waals surface area contributed by atoms with Crippen molar-refractivity contribution in [3.8, 4) is 0 Å². The van der Waals surface area contributed by atoms with Crippen molar-refractivity contribution < 1.29 is 4.79 Å². The van der Waals surface area contributed by atoms with E-state index in [-0.39, 0.29) is 5.91 Å². The Balaban J connectivity index is 1.61. The molecule has 0 atom stereocenters. The van der Waals surface area contributed by atoms with Crippen LogP contribution in [0, 0.1) is 0 Å². The lowest BCUT2D eigenvalue weighted by Gasteiger charge is -2.02. The lowest BCUT2D eigenvalue weighted by Crippen LogP contribution is -2.18. The molecule has 23 heavy (non-hydrogen) atoms. The van der Waals surface area contributed by atoms with Crippen LogP contribution in [0.4, 0.5) is 0 Å². The van der Waals surface area contributed by atoms with Crippen LogP contribution in [0.25, 0.3) is 0 Å². The third-order valence-electron chi connectivity index (χ3n) is 3.01. The summed E-state index contributed by atoms with van der Waals surface area (Å²) in [6.45, 7) is 0.602. The number of hydrazone groups is 1. The van der Waals surface area contributed by atoms with Gasteiger partial charge in [0.2, 0.25) is 0 Å². The zero-order valence-electron chi connectivity index (χ0n) is 12.0. The lowest BCUT2D eigenvalue weighted by atomic mass is 10.2. The summed E-state index contributed by atoms with van der Waals surface area (Å²) in [7, 11) is 0. The van der Waals surface area contributed by atoms with Gasteiger partial charge in [-0.05, 0) is 35.2 Å². The number of halogens is 1. The average Bonchev–Trinajstić information content (AvgIpc) is 3.19. The molecule has 0 spiro atoms. The fourth-order valence-electron chi connectivity index (χ4n) is 1.97. The second-order valence-corrected chi connectivity index (χ2v) is 6.64. The molecule has 116 valence electrons. The molecule has 0 saturated carbocycles. The van der Waals surface area contributed by atoms with Crippen molar-refractivity contribution in [1.82, 2.24) is 15.2 Å². The Kier molecular flexibility index (Phi) is 4.99. The molecule has 2 heterocycles. The first-order valence-corrected chi connectivity index (χ1v) is 8.53. The minimum absolute atomic E-state index is 0.328. The van der Waals surface area contributed by atoms with Crippen LogP contribution in [0.1, 0.15) is 20.9 Å². The number of hydrogen-bond donors (Lipinski definition) is 1. The first-order chi connectivity index (χ1) is 11.2. The van der Waals surface area contributed by atoms with Crippen LogP contribution in [0.15, 0.2) is 63.6 Å². The molecule has 3 rings (SSSR count). The van der Waals surface area contributed by atoms with Gasteiger partial charge in [-0.25, -0.2) is 5.43 Å². The minimum Gasteiger partial charge on any atom is -0.268 e. The van der Waals surface area contributed by atoms with Crippen molar-refractivity contribution in [2.75, 3.05) is 0 Å². The number of aromatic nitrogens is 2. The van der Waals surface area contributed by atoms with E-state index < -0.39 is 0 Å². The van der Waals surface area contributed by atoms with Crippen molar-refractivity contribution in [3.63, 3.8) is 0 Å². The van der Waals surface area contributed by atoms with E-state index in [4.69, 9.17) is 0 Å². The highest BCUT2D eigenvalue weighted by molar-refractivity contribution is 9.10. The first-order valence-electron chi connectivity index (χ1n) is 6.85. The molecule has 0 unspecified atom stereocenters. The Morgan fingerprint density at radius 1 is 1.35 bits per heavy atom. The van der Waals surface area contributed by atoms with Crippen LogP contribution in [0.5, 0.6) is 0 Å². The summed E-state index contributed by atoms with van der Waals surface area (Å²) in [5.74, 6) is -0.328. The Morgan fingerprint density at radius 3 is 3.04 bits per heavy atom. The van der Waals surface area contributed by atoms with E-state index in [2.05, 4.69) is 31.6 Å². The number of nitrogens with one attached hydrogen (secondary N) is 1. The van der Waals surface area contributed by atoms with Crippen LogP contribution in [-0.2, 0) is 6.54 Å². The minimum atomic E-state index is -0.328. The van der Waals surface area contributed by atoms with Gasteiger partial charge in [-0.3, -0.25) is 9.48 Å². The fraction of sp³-hybridized carbons (Fsp3) is 0.0625. The molecule has 0 aliphatic rings. The zero-order valence-corrected chi connectivity index (χ0v) is 14.4. The fourth-order valence-corrected chi connectivity index (χ4v) is 3.00. The Bertz CT molecular complexity index is 826. The molecule has 0 bridgehead atoms. The van der Waals surface area contributed by atoms with Crippen LogP contribution >= 0.6 is 27.3 Å². The van der Waals surface area contributed by atoms with Gasteiger partial charge in [-0.15, -0.1) is 11.3 Å². The summed E-state index contributed by atoms with van der Waals surface area (Å²) in [5.41, 5.74) is 3.92. The number of nitrogens with zero attached hydrogens (tertiary/aromatic N) is 3. The normalized spacial score (nSPS) is 11.0. The van der Waals surface area contributed by atoms with Crippen LogP contribution < -0.4 is 5.43 Å². The molecule has 7 heteroatoms. The number of carbonyl (C=O) groups excluding carboxylic acids is 1. The van der Waals surface area contributed by atoms with Gasteiger partial charge in [0.25, 0.3) is 5.91 Å². The molecule has 0 radical (unpaired) electrons. The Hall–Kier alpha value is -2.25. The highest BCUT2D eigenvalue weighted by atomic mass is 79.9. The third-order valence-corrected chi connectivity index (χ3v) is 4.31. The molecule has 3 aromatic rings. The molecule has 1 amide bonds. The summed E-state index contributed by atoms with van der Waals surface area (Å²) < 4.78 is 2.74. The summed E-state index contributed by atoms with van der Waals surface area (Å²) in [5, 5.41) is 10.1. The molecular formula is C16H13BrN4OS. The van der Waals surface area contributed by atoms with Crippen LogP contribution in [0.3, 0.4) is 0 Å². The van der Waals surface area contributed by atoms with Gasteiger partial charge in [0.05, 0.1) is 12.8 Å². The maximum Gasteiger partial charge on any atom is 0.291 e. The van der Waals surface area contributed by atoms with Gasteiger partial charge in [0, 0.05) is 15.5 Å². The van der Waals surface area contributed by atoms with Crippen molar-refractivity contribution in [3.05, 3.63) is 74.6 Å². The second kappa shape index (κ2) is 7.34. The molecule has 0 saturated heterocycles. The third kappa shape index (κ3) is 4.37. The topological polar surface area (TPSA) is 59.3 Å².